The third kappa shape index (κ3) is 3.03. The SMILES string of the molecule is CCCCN(C)c1c(Cl)cc([N+](=O)[O-])c(F)c1Cl. The lowest BCUT2D eigenvalue weighted by atomic mass is 10.2. The molecule has 0 saturated heterocycles. The molecule has 18 heavy (non-hydrogen) atoms. The van der Waals surface area contributed by atoms with Crippen LogP contribution >= 0.6 is 23.2 Å². The lowest BCUT2D eigenvalue weighted by Gasteiger charge is -2.21. The molecule has 0 fully saturated rings. The number of rotatable bonds is 5. The number of nitro benzene ring substituents is 1. The van der Waals surface area contributed by atoms with Gasteiger partial charge >= 0.3 is 5.69 Å². The van der Waals surface area contributed by atoms with Crippen LogP contribution < -0.4 is 4.90 Å². The van der Waals surface area contributed by atoms with E-state index in [-0.39, 0.29) is 15.7 Å². The third-order valence-corrected chi connectivity index (χ3v) is 3.17. The Morgan fingerprint density at radius 2 is 2.11 bits per heavy atom. The smallest absolute Gasteiger partial charge is 0.308 e. The van der Waals surface area contributed by atoms with Crippen molar-refractivity contribution in [2.45, 2.75) is 19.8 Å². The fraction of sp³-hybridized carbons (Fsp3) is 0.455. The van der Waals surface area contributed by atoms with Crippen LogP contribution in [0.2, 0.25) is 10.0 Å². The van der Waals surface area contributed by atoms with Crippen LogP contribution in [0.4, 0.5) is 15.8 Å². The summed E-state index contributed by atoms with van der Waals surface area (Å²) < 4.78 is 13.7. The zero-order chi connectivity index (χ0) is 13.9. The molecule has 0 aromatic heterocycles. The molecule has 0 N–H and O–H groups in total. The molecule has 0 saturated carbocycles. The maximum Gasteiger partial charge on any atom is 0.308 e. The molecule has 0 heterocycles. The molecule has 0 aliphatic carbocycles. The molecule has 100 valence electrons. The first-order chi connectivity index (χ1) is 8.40. The summed E-state index contributed by atoms with van der Waals surface area (Å²) in [6.45, 7) is 2.67. The van der Waals surface area contributed by atoms with Crippen LogP contribution in [0, 0.1) is 15.9 Å². The van der Waals surface area contributed by atoms with E-state index in [4.69, 9.17) is 23.2 Å². The second kappa shape index (κ2) is 6.20. The minimum Gasteiger partial charge on any atom is -0.372 e. The molecular formula is C11H13Cl2FN2O2. The van der Waals surface area contributed by atoms with Crippen molar-refractivity contribution in [2.24, 2.45) is 0 Å². The zero-order valence-corrected chi connectivity index (χ0v) is 11.6. The van der Waals surface area contributed by atoms with Crippen molar-refractivity contribution in [3.05, 3.63) is 32.0 Å². The highest BCUT2D eigenvalue weighted by Crippen LogP contribution is 2.39. The van der Waals surface area contributed by atoms with Crippen molar-refractivity contribution in [2.75, 3.05) is 18.5 Å². The first-order valence-corrected chi connectivity index (χ1v) is 6.18. The largest absolute Gasteiger partial charge is 0.372 e. The van der Waals surface area contributed by atoms with Gasteiger partial charge in [-0.2, -0.15) is 4.39 Å². The molecule has 0 aliphatic rings. The predicted octanol–water partition coefficient (Wildman–Crippen LogP) is 4.28. The van der Waals surface area contributed by atoms with Crippen LogP contribution in [0.15, 0.2) is 6.07 Å². The summed E-state index contributed by atoms with van der Waals surface area (Å²) in [5, 5.41) is 10.4. The van der Waals surface area contributed by atoms with Crippen LogP contribution in [0.1, 0.15) is 19.8 Å². The molecule has 7 heteroatoms. The van der Waals surface area contributed by atoms with E-state index in [9.17, 15) is 14.5 Å². The molecule has 1 aromatic rings. The molecule has 4 nitrogen and oxygen atoms in total. The molecule has 0 atom stereocenters. The molecule has 0 spiro atoms. The van der Waals surface area contributed by atoms with Gasteiger partial charge in [-0.25, -0.2) is 0 Å². The lowest BCUT2D eigenvalue weighted by molar-refractivity contribution is -0.387. The van der Waals surface area contributed by atoms with E-state index in [1.54, 1.807) is 11.9 Å². The van der Waals surface area contributed by atoms with E-state index in [0.717, 1.165) is 18.9 Å². The molecule has 0 radical (unpaired) electrons. The number of hydrogen-bond donors (Lipinski definition) is 0. The van der Waals surface area contributed by atoms with Gasteiger partial charge in [0.2, 0.25) is 5.82 Å². The standard InChI is InChI=1S/C11H13Cl2FN2O2/c1-3-4-5-15(2)11-7(12)6-8(16(17)18)10(14)9(11)13/h6H,3-5H2,1-2H3. The number of anilines is 1. The van der Waals surface area contributed by atoms with Gasteiger partial charge in [-0.3, -0.25) is 10.1 Å². The number of hydrogen-bond acceptors (Lipinski definition) is 3. The predicted molar refractivity (Wildman–Crippen MR) is 71.3 cm³/mol. The summed E-state index contributed by atoms with van der Waals surface area (Å²) >= 11 is 11.7. The normalized spacial score (nSPS) is 10.5. The van der Waals surface area contributed by atoms with E-state index in [2.05, 4.69) is 0 Å². The summed E-state index contributed by atoms with van der Waals surface area (Å²) in [6, 6.07) is 0.987. The Kier molecular flexibility index (Phi) is 5.16. The van der Waals surface area contributed by atoms with Crippen molar-refractivity contribution in [1.82, 2.24) is 0 Å². The Hall–Kier alpha value is -1.07. The van der Waals surface area contributed by atoms with Crippen LogP contribution in [0.3, 0.4) is 0 Å². The minimum atomic E-state index is -1.05. The average Bonchev–Trinajstić information content (AvgIpc) is 2.30. The summed E-state index contributed by atoms with van der Waals surface area (Å²) in [5.41, 5.74) is -0.424. The summed E-state index contributed by atoms with van der Waals surface area (Å²) in [5.74, 6) is -1.05. The first kappa shape index (κ1) is 15.0. The van der Waals surface area contributed by atoms with Gasteiger partial charge in [-0.1, -0.05) is 36.5 Å². The van der Waals surface area contributed by atoms with Gasteiger partial charge < -0.3 is 4.90 Å². The Bertz CT molecular complexity index is 469. The van der Waals surface area contributed by atoms with Crippen LogP contribution in [-0.2, 0) is 0 Å². The van der Waals surface area contributed by atoms with Crippen LogP contribution in [-0.4, -0.2) is 18.5 Å². The average molecular weight is 295 g/mol. The van der Waals surface area contributed by atoms with Crippen molar-refractivity contribution < 1.29 is 9.31 Å². The number of unbranched alkanes of at least 4 members (excludes halogenated alkanes) is 1. The fourth-order valence-corrected chi connectivity index (χ4v) is 2.30. The Morgan fingerprint density at radius 3 is 2.61 bits per heavy atom. The maximum absolute atomic E-state index is 13.7. The molecule has 0 bridgehead atoms. The highest BCUT2D eigenvalue weighted by molar-refractivity contribution is 6.39. The van der Waals surface area contributed by atoms with Gasteiger partial charge in [0.1, 0.15) is 5.02 Å². The zero-order valence-electron chi connectivity index (χ0n) is 10.0. The third-order valence-electron chi connectivity index (χ3n) is 2.54. The van der Waals surface area contributed by atoms with E-state index in [1.807, 2.05) is 6.92 Å². The highest BCUT2D eigenvalue weighted by atomic mass is 35.5. The molecule has 0 aliphatic heterocycles. The maximum atomic E-state index is 13.7. The molecule has 0 unspecified atom stereocenters. The first-order valence-electron chi connectivity index (χ1n) is 5.43. The summed E-state index contributed by atoms with van der Waals surface area (Å²) in [4.78, 5) is 11.5. The number of nitro groups is 1. The van der Waals surface area contributed by atoms with E-state index in [0.29, 0.717) is 6.54 Å². The van der Waals surface area contributed by atoms with Gasteiger partial charge in [0, 0.05) is 19.7 Å². The second-order valence-electron chi connectivity index (χ2n) is 3.89. The Balaban J connectivity index is 3.22. The highest BCUT2D eigenvalue weighted by Gasteiger charge is 2.24. The lowest BCUT2D eigenvalue weighted by Crippen LogP contribution is -2.19. The minimum absolute atomic E-state index is 0.0757. The van der Waals surface area contributed by atoms with E-state index < -0.39 is 16.4 Å². The van der Waals surface area contributed by atoms with Crippen molar-refractivity contribution in [3.63, 3.8) is 0 Å². The van der Waals surface area contributed by atoms with Gasteiger partial charge in [0.05, 0.1) is 15.6 Å². The molecular weight excluding hydrogens is 282 g/mol. The second-order valence-corrected chi connectivity index (χ2v) is 4.67. The molecule has 0 amide bonds. The van der Waals surface area contributed by atoms with Gasteiger partial charge in [-0.15, -0.1) is 0 Å². The van der Waals surface area contributed by atoms with Gasteiger partial charge in [0.15, 0.2) is 0 Å². The summed E-state index contributed by atoms with van der Waals surface area (Å²) in [7, 11) is 1.72. The summed E-state index contributed by atoms with van der Waals surface area (Å²) in [6.07, 6.45) is 1.86. The number of nitrogens with zero attached hydrogens (tertiary/aromatic N) is 2. The molecule has 1 aromatic carbocycles. The topological polar surface area (TPSA) is 46.4 Å². The molecule has 1 rings (SSSR count). The van der Waals surface area contributed by atoms with Crippen molar-refractivity contribution in [3.8, 4) is 0 Å². The monoisotopic (exact) mass is 294 g/mol. The van der Waals surface area contributed by atoms with Crippen molar-refractivity contribution in [1.29, 1.82) is 0 Å². The number of halogens is 3. The number of benzene rings is 1. The van der Waals surface area contributed by atoms with E-state index >= 15 is 0 Å². The van der Waals surface area contributed by atoms with Gasteiger partial charge in [-0.05, 0) is 6.42 Å². The van der Waals surface area contributed by atoms with Crippen LogP contribution in [0.5, 0.6) is 0 Å². The quantitative estimate of drug-likeness (QED) is 0.463. The Morgan fingerprint density at radius 1 is 1.50 bits per heavy atom. The van der Waals surface area contributed by atoms with Crippen LogP contribution in [0.25, 0.3) is 0 Å². The van der Waals surface area contributed by atoms with E-state index in [1.165, 1.54) is 0 Å². The van der Waals surface area contributed by atoms with Gasteiger partial charge in [0.25, 0.3) is 0 Å². The fourth-order valence-electron chi connectivity index (χ4n) is 1.56. The Labute approximate surface area is 114 Å². The van der Waals surface area contributed by atoms with Crippen molar-refractivity contribution >= 4 is 34.6 Å².